The highest BCUT2D eigenvalue weighted by Gasteiger charge is 2.41. The predicted octanol–water partition coefficient (Wildman–Crippen LogP) is 11.9. The van der Waals surface area contributed by atoms with E-state index in [0.717, 1.165) is 20.7 Å². The van der Waals surface area contributed by atoms with Crippen molar-refractivity contribution >= 4 is 77.2 Å². The number of aryl methyl sites for hydroxylation is 2. The van der Waals surface area contributed by atoms with Crippen LogP contribution in [0.3, 0.4) is 0 Å². The lowest BCUT2D eigenvalue weighted by atomic mass is 9.86. The summed E-state index contributed by atoms with van der Waals surface area (Å²) in [6.07, 6.45) is 0. The van der Waals surface area contributed by atoms with Gasteiger partial charge in [0.15, 0.2) is 0 Å². The van der Waals surface area contributed by atoms with E-state index in [1.165, 1.54) is 65.6 Å². The molecule has 0 N–H and O–H groups in total. The van der Waals surface area contributed by atoms with Crippen LogP contribution >= 0.6 is 65.8 Å². The third kappa shape index (κ3) is 4.41. The number of rotatable bonds is 4. The van der Waals surface area contributed by atoms with Gasteiger partial charge in [0.05, 0.1) is 20.8 Å². The van der Waals surface area contributed by atoms with E-state index in [9.17, 15) is 0 Å². The largest absolute Gasteiger partial charge is 0.357 e. The molecule has 5 aromatic rings. The molecule has 2 aromatic heterocycles. The molecule has 0 radical (unpaired) electrons. The maximum absolute atomic E-state index is 5.81. The summed E-state index contributed by atoms with van der Waals surface area (Å²) < 4.78 is 2.02. The topological polar surface area (TPSA) is 6.48 Å². The molecule has 42 heavy (non-hydrogen) atoms. The zero-order chi connectivity index (χ0) is 29.6. The first-order chi connectivity index (χ1) is 20.0. The van der Waals surface area contributed by atoms with Crippen molar-refractivity contribution in [1.29, 1.82) is 0 Å². The molecule has 214 valence electrons. The van der Waals surface area contributed by atoms with Crippen molar-refractivity contribution in [3.63, 3.8) is 0 Å². The number of anilines is 2. The van der Waals surface area contributed by atoms with Crippen LogP contribution in [0.1, 0.15) is 59.7 Å². The number of hydrogen-bond acceptors (Lipinski definition) is 8. The van der Waals surface area contributed by atoms with Gasteiger partial charge in [0, 0.05) is 46.7 Å². The summed E-state index contributed by atoms with van der Waals surface area (Å²) in [4.78, 5) is 7.90. The van der Waals surface area contributed by atoms with Gasteiger partial charge in [-0.15, -0.1) is 0 Å². The molecule has 2 nitrogen and oxygen atoms in total. The summed E-state index contributed by atoms with van der Waals surface area (Å²) in [5.74, 6) is 0. The smallest absolute Gasteiger partial charge is 0.110 e. The van der Waals surface area contributed by atoms with Gasteiger partial charge in [0.2, 0.25) is 0 Å². The minimum Gasteiger partial charge on any atom is -0.357 e. The Morgan fingerprint density at radius 1 is 0.571 bits per heavy atom. The number of benzene rings is 3. The molecule has 0 bridgehead atoms. The monoisotopic (exact) mass is 660 g/mol. The zero-order valence-corrected chi connectivity index (χ0v) is 29.4. The molecule has 7 rings (SSSR count). The number of fused-ring (bicyclic) bond motifs is 6. The number of nitrogens with zero attached hydrogens (tertiary/aromatic N) is 2. The zero-order valence-electron chi connectivity index (χ0n) is 24.5. The van der Waals surface area contributed by atoms with Gasteiger partial charge in [-0.25, -0.2) is 0 Å². The molecule has 0 amide bonds. The Morgan fingerprint density at radius 3 is 1.33 bits per heavy atom. The van der Waals surface area contributed by atoms with Gasteiger partial charge in [0.1, 0.15) is 7.65 Å². The number of hydrogen-bond donors (Lipinski definition) is 0. The summed E-state index contributed by atoms with van der Waals surface area (Å²) in [6, 6.07) is 22.9. The van der Waals surface area contributed by atoms with E-state index >= 15 is 0 Å². The quantitative estimate of drug-likeness (QED) is 0.140. The van der Waals surface area contributed by atoms with Crippen molar-refractivity contribution in [3.8, 4) is 22.3 Å². The van der Waals surface area contributed by atoms with Crippen LogP contribution < -0.4 is 9.80 Å². The van der Waals surface area contributed by atoms with Crippen LogP contribution in [0.15, 0.2) is 60.7 Å². The van der Waals surface area contributed by atoms with Crippen LogP contribution in [-0.2, 0) is 24.2 Å². The second-order valence-corrected chi connectivity index (χ2v) is 18.1. The fourth-order valence-corrected chi connectivity index (χ4v) is 13.1. The lowest BCUT2D eigenvalue weighted by molar-refractivity contribution is 0.481. The standard InChI is InChI=1S/C34H32N2S6/c1-19-7-13-23-25(15-19)35(33(3,4)29-27(23)31(37)41-39-29)17-21-9-11-22(12-10-21)18-36-26-16-20(2)8-14-24(26)28-30(34(36,5)6)40-42-32(28)38/h7-16H,17-18H2,1-6H3. The molecule has 4 heterocycles. The Labute approximate surface area is 273 Å². The molecule has 0 fully saturated rings. The van der Waals surface area contributed by atoms with E-state index in [1.807, 2.05) is 20.7 Å². The van der Waals surface area contributed by atoms with E-state index in [0.29, 0.717) is 0 Å². The second-order valence-electron chi connectivity index (χ2n) is 12.5. The molecule has 3 aromatic carbocycles. The molecule has 0 aliphatic carbocycles. The van der Waals surface area contributed by atoms with Crippen molar-refractivity contribution in [2.45, 2.75) is 65.7 Å². The summed E-state index contributed by atoms with van der Waals surface area (Å²) in [7, 11) is 7.14. The first-order valence-corrected chi connectivity index (χ1v) is 19.2. The van der Waals surface area contributed by atoms with Gasteiger partial charge in [0.25, 0.3) is 0 Å². The summed E-state index contributed by atoms with van der Waals surface area (Å²) in [5.41, 5.74) is 12.5. The van der Waals surface area contributed by atoms with Crippen molar-refractivity contribution in [2.24, 2.45) is 0 Å². The van der Waals surface area contributed by atoms with Crippen molar-refractivity contribution < 1.29 is 0 Å². The van der Waals surface area contributed by atoms with E-state index in [-0.39, 0.29) is 11.1 Å². The minimum atomic E-state index is -0.143. The molecule has 0 saturated carbocycles. The Balaban J connectivity index is 1.22. The van der Waals surface area contributed by atoms with Crippen LogP contribution in [0.5, 0.6) is 0 Å². The lowest BCUT2D eigenvalue weighted by Crippen LogP contribution is -2.43. The van der Waals surface area contributed by atoms with Crippen LogP contribution in [-0.4, -0.2) is 0 Å². The van der Waals surface area contributed by atoms with Gasteiger partial charge >= 0.3 is 0 Å². The van der Waals surface area contributed by atoms with E-state index in [1.54, 1.807) is 20.7 Å². The third-order valence-electron chi connectivity index (χ3n) is 8.86. The summed E-state index contributed by atoms with van der Waals surface area (Å²) in [5, 5.41) is 0. The molecular formula is C34H32N2S6. The Bertz CT molecular complexity index is 1830. The SMILES string of the molecule is Cc1ccc2c(c1)N(Cc1ccc(CN3c4cc(C)ccc4-c4c(ssc4=S)C3(C)C)cc1)C(C)(C)c1ssc(=S)c1-2. The van der Waals surface area contributed by atoms with Crippen LogP contribution in [0, 0.1) is 21.5 Å². The average molecular weight is 661 g/mol. The Kier molecular flexibility index (Phi) is 6.92. The van der Waals surface area contributed by atoms with Crippen molar-refractivity contribution in [3.05, 3.63) is 100 Å². The van der Waals surface area contributed by atoms with E-state index in [2.05, 4.69) is 112 Å². The van der Waals surface area contributed by atoms with Crippen LogP contribution in [0.4, 0.5) is 11.4 Å². The molecule has 0 atom stereocenters. The van der Waals surface area contributed by atoms with Crippen molar-refractivity contribution in [2.75, 3.05) is 9.80 Å². The van der Waals surface area contributed by atoms with E-state index < -0.39 is 0 Å². The van der Waals surface area contributed by atoms with Crippen molar-refractivity contribution in [1.82, 2.24) is 0 Å². The molecule has 0 spiro atoms. The van der Waals surface area contributed by atoms with Crippen LogP contribution in [0.2, 0.25) is 0 Å². The normalized spacial score (nSPS) is 16.0. The van der Waals surface area contributed by atoms with Crippen LogP contribution in [0.25, 0.3) is 22.3 Å². The highest BCUT2D eigenvalue weighted by atomic mass is 32.9. The molecule has 0 unspecified atom stereocenters. The van der Waals surface area contributed by atoms with Gasteiger partial charge in [-0.3, -0.25) is 0 Å². The average Bonchev–Trinajstić information content (AvgIpc) is 3.54. The minimum absolute atomic E-state index is 0.143. The van der Waals surface area contributed by atoms with Gasteiger partial charge in [-0.2, -0.15) is 0 Å². The fraction of sp³-hybridized carbons (Fsp3) is 0.294. The third-order valence-corrected chi connectivity index (χ3v) is 15.5. The fourth-order valence-electron chi connectivity index (χ4n) is 6.47. The molecule has 2 aliphatic rings. The predicted molar refractivity (Wildman–Crippen MR) is 191 cm³/mol. The summed E-state index contributed by atoms with van der Waals surface area (Å²) in [6.45, 7) is 15.4. The molecule has 2 aliphatic heterocycles. The first-order valence-electron chi connectivity index (χ1n) is 14.1. The Morgan fingerprint density at radius 2 is 0.952 bits per heavy atom. The van der Waals surface area contributed by atoms with E-state index in [4.69, 9.17) is 24.4 Å². The first kappa shape index (κ1) is 28.6. The van der Waals surface area contributed by atoms with Gasteiger partial charge in [-0.1, -0.05) is 114 Å². The molecule has 8 heteroatoms. The Hall–Kier alpha value is -2.20. The highest BCUT2D eigenvalue weighted by Crippen LogP contribution is 2.54. The summed E-state index contributed by atoms with van der Waals surface area (Å²) >= 11 is 11.6. The van der Waals surface area contributed by atoms with Gasteiger partial charge in [-0.05, 0) is 75.9 Å². The van der Waals surface area contributed by atoms with Gasteiger partial charge < -0.3 is 9.80 Å². The maximum Gasteiger partial charge on any atom is 0.110 e. The molecule has 0 saturated heterocycles. The molecular weight excluding hydrogens is 629 g/mol. The maximum atomic E-state index is 5.81. The second kappa shape index (κ2) is 10.2. The highest BCUT2D eigenvalue weighted by molar-refractivity contribution is 7.80. The lowest BCUT2D eigenvalue weighted by Gasteiger charge is -2.45.